The van der Waals surface area contributed by atoms with Crippen molar-refractivity contribution < 1.29 is 43.0 Å². The average Bonchev–Trinajstić information content (AvgIpc) is 3.12. The number of esters is 2. The second-order valence-electron chi connectivity index (χ2n) is 12.3. The van der Waals surface area contributed by atoms with Crippen LogP contribution in [-0.2, 0) is 28.2 Å². The number of aliphatic hydroxyl groups is 1. The second kappa shape index (κ2) is 37.0. The van der Waals surface area contributed by atoms with Gasteiger partial charge < -0.3 is 24.4 Å². The number of unbranched alkanes of at least 4 members (excludes halogenated alkanes) is 5. The van der Waals surface area contributed by atoms with Crippen LogP contribution in [0, 0.1) is 0 Å². The summed E-state index contributed by atoms with van der Waals surface area (Å²) in [6.45, 7) is 3.29. The summed E-state index contributed by atoms with van der Waals surface area (Å²) in [4.78, 5) is 42.7. The van der Waals surface area contributed by atoms with Gasteiger partial charge in [0.1, 0.15) is 6.61 Å². The van der Waals surface area contributed by atoms with Crippen LogP contribution in [-0.4, -0.2) is 52.3 Å². The fourth-order valence-electron chi connectivity index (χ4n) is 4.54. The summed E-state index contributed by atoms with van der Waals surface area (Å²) >= 11 is 0. The summed E-state index contributed by atoms with van der Waals surface area (Å²) in [5, 5.41) is 9.97. The summed E-state index contributed by atoms with van der Waals surface area (Å²) in [7, 11) is -4.79. The highest BCUT2D eigenvalue weighted by Gasteiger charge is 2.22. The molecule has 0 aliphatic rings. The molecule has 0 amide bonds. The number of phosphoric acid groups is 1. The molecule has 0 heterocycles. The molecule has 0 saturated carbocycles. The zero-order valence-corrected chi connectivity index (χ0v) is 33.1. The highest BCUT2D eigenvalue weighted by Crippen LogP contribution is 2.35. The highest BCUT2D eigenvalue weighted by atomic mass is 31.2. The smallest absolute Gasteiger partial charge is 0.462 e. The Morgan fingerprint density at radius 3 is 1.70 bits per heavy atom. The number of ether oxygens (including phenoxy) is 2. The van der Waals surface area contributed by atoms with Gasteiger partial charge in [0, 0.05) is 12.8 Å². The molecule has 0 saturated heterocycles. The first-order valence-electron chi connectivity index (χ1n) is 19.3. The van der Waals surface area contributed by atoms with E-state index in [4.69, 9.17) is 19.3 Å². The monoisotopic (exact) mass is 758 g/mol. The summed E-state index contributed by atoms with van der Waals surface area (Å²) < 4.78 is 26.2. The van der Waals surface area contributed by atoms with E-state index in [0.717, 1.165) is 64.2 Å². The maximum absolute atomic E-state index is 12.4. The van der Waals surface area contributed by atoms with Crippen LogP contribution in [0.15, 0.2) is 109 Å². The van der Waals surface area contributed by atoms with E-state index >= 15 is 0 Å². The van der Waals surface area contributed by atoms with Crippen LogP contribution < -0.4 is 0 Å². The molecule has 0 aromatic rings. The molecule has 10 heteroatoms. The van der Waals surface area contributed by atoms with E-state index in [0.29, 0.717) is 32.1 Å². The Bertz CT molecular complexity index is 1230. The fraction of sp³-hybridized carbons (Fsp3) is 0.535. The number of hydrogen-bond donors (Lipinski definition) is 3. The van der Waals surface area contributed by atoms with Gasteiger partial charge in [-0.05, 0) is 83.5 Å². The van der Waals surface area contributed by atoms with Gasteiger partial charge in [0.15, 0.2) is 6.10 Å². The first kappa shape index (κ1) is 49.7. The Labute approximate surface area is 319 Å². The van der Waals surface area contributed by atoms with E-state index < -0.39 is 38.6 Å². The van der Waals surface area contributed by atoms with E-state index in [2.05, 4.69) is 79.1 Å². The largest absolute Gasteiger partial charge is 0.469 e. The number of carbonyl (C=O) groups excluding carboxylic acids is 2. The predicted molar refractivity (Wildman–Crippen MR) is 217 cm³/mol. The number of carbonyl (C=O) groups is 2. The maximum Gasteiger partial charge on any atom is 0.469 e. The van der Waals surface area contributed by atoms with Crippen LogP contribution >= 0.6 is 7.82 Å². The van der Waals surface area contributed by atoms with Crippen molar-refractivity contribution in [3.05, 3.63) is 109 Å². The van der Waals surface area contributed by atoms with Crippen LogP contribution in [0.25, 0.3) is 0 Å². The summed E-state index contributed by atoms with van der Waals surface area (Å²) in [5.74, 6) is -1.03. The van der Waals surface area contributed by atoms with E-state index in [1.165, 1.54) is 0 Å². The third kappa shape index (κ3) is 39.7. The van der Waals surface area contributed by atoms with E-state index in [-0.39, 0.29) is 19.4 Å². The molecule has 1 unspecified atom stereocenters. The third-order valence-corrected chi connectivity index (χ3v) is 7.85. The lowest BCUT2D eigenvalue weighted by Gasteiger charge is -2.18. The molecule has 9 nitrogen and oxygen atoms in total. The van der Waals surface area contributed by atoms with Gasteiger partial charge >= 0.3 is 19.8 Å². The average molecular weight is 759 g/mol. The molecule has 0 spiro atoms. The summed E-state index contributed by atoms with van der Waals surface area (Å²) in [6.07, 6.45) is 48.4. The van der Waals surface area contributed by atoms with Gasteiger partial charge in [-0.15, -0.1) is 0 Å². The third-order valence-electron chi connectivity index (χ3n) is 7.37. The summed E-state index contributed by atoms with van der Waals surface area (Å²) in [6, 6.07) is 0. The number of aliphatic hydroxyl groups excluding tert-OH is 1. The van der Waals surface area contributed by atoms with Gasteiger partial charge in [-0.25, -0.2) is 4.57 Å². The first-order chi connectivity index (χ1) is 25.7. The maximum atomic E-state index is 12.4. The zero-order chi connectivity index (χ0) is 39.1. The minimum absolute atomic E-state index is 0.144. The standard InChI is InChI=1S/C43H67O9P/c1-3-5-7-9-11-12-13-14-15-16-17-18-19-20-25-29-33-37-43(46)52-41(39-51-53(47,48)49)38-50-42(45)36-32-28-24-22-21-23-27-31-35-40(44)34-30-26-10-8-6-4-2/h5-8,11-12,14-15,17-18,22-24,26-27,30-31,35,40-41,44H,3-4,9-10,13,16,19-21,25,28-29,32-34,36-39H2,1-2H3,(H2,47,48,49)/b7-5-,8-6-,12-11-,15-14-,18-17-,24-22-,27-23-,30-26-,35-31+/t40?,41-/m1/s1. The first-order valence-corrected chi connectivity index (χ1v) is 20.8. The van der Waals surface area contributed by atoms with Gasteiger partial charge in [0.05, 0.1) is 12.7 Å². The molecule has 2 atom stereocenters. The topological polar surface area (TPSA) is 140 Å². The fourth-order valence-corrected chi connectivity index (χ4v) is 4.90. The van der Waals surface area contributed by atoms with E-state index in [1.807, 2.05) is 42.5 Å². The van der Waals surface area contributed by atoms with Crippen molar-refractivity contribution in [3.8, 4) is 0 Å². The van der Waals surface area contributed by atoms with Crippen molar-refractivity contribution in [2.75, 3.05) is 13.2 Å². The minimum atomic E-state index is -4.79. The minimum Gasteiger partial charge on any atom is -0.462 e. The van der Waals surface area contributed by atoms with Gasteiger partial charge in [0.2, 0.25) is 0 Å². The molecule has 53 heavy (non-hydrogen) atoms. The van der Waals surface area contributed by atoms with Crippen LogP contribution in [0.4, 0.5) is 0 Å². The van der Waals surface area contributed by atoms with Crippen molar-refractivity contribution in [3.63, 3.8) is 0 Å². The molecule has 0 aromatic heterocycles. The van der Waals surface area contributed by atoms with Crippen molar-refractivity contribution in [2.45, 2.75) is 135 Å². The van der Waals surface area contributed by atoms with Crippen molar-refractivity contribution in [1.82, 2.24) is 0 Å². The highest BCUT2D eigenvalue weighted by molar-refractivity contribution is 7.46. The molecule has 0 aliphatic carbocycles. The molecule has 3 N–H and O–H groups in total. The van der Waals surface area contributed by atoms with E-state index in [9.17, 15) is 19.3 Å². The number of phosphoric ester groups is 1. The number of rotatable bonds is 33. The lowest BCUT2D eigenvalue weighted by atomic mass is 10.1. The molecule has 0 rings (SSSR count). The van der Waals surface area contributed by atoms with Gasteiger partial charge in [-0.3, -0.25) is 14.1 Å². The van der Waals surface area contributed by atoms with Gasteiger partial charge in [0.25, 0.3) is 0 Å². The van der Waals surface area contributed by atoms with Crippen LogP contribution in [0.5, 0.6) is 0 Å². The molecule has 0 radical (unpaired) electrons. The molecule has 0 aromatic carbocycles. The van der Waals surface area contributed by atoms with Crippen LogP contribution in [0.1, 0.15) is 123 Å². The SMILES string of the molecule is CC/C=C\C/C=C\C/C=C\C/C=C\CCCCCCC(=O)O[C@H](COC(=O)CCC/C=C\C/C=C\C=C\C(O)C/C=C\C/C=C\CC)COP(=O)(O)O. The van der Waals surface area contributed by atoms with Gasteiger partial charge in [-0.1, -0.05) is 136 Å². The lowest BCUT2D eigenvalue weighted by Crippen LogP contribution is -2.29. The second-order valence-corrected chi connectivity index (χ2v) is 13.6. The Kier molecular flexibility index (Phi) is 34.7. The normalized spacial score (nSPS) is 14.3. The van der Waals surface area contributed by atoms with Crippen LogP contribution in [0.3, 0.4) is 0 Å². The Balaban J connectivity index is 4.20. The van der Waals surface area contributed by atoms with Crippen molar-refractivity contribution in [1.29, 1.82) is 0 Å². The molecular formula is C43H67O9P. The Morgan fingerprint density at radius 2 is 1.09 bits per heavy atom. The summed E-state index contributed by atoms with van der Waals surface area (Å²) in [5.41, 5.74) is 0. The van der Waals surface area contributed by atoms with Crippen molar-refractivity contribution >= 4 is 19.8 Å². The molecule has 0 aliphatic heterocycles. The predicted octanol–water partition coefficient (Wildman–Crippen LogP) is 10.6. The zero-order valence-electron chi connectivity index (χ0n) is 32.2. The number of hydrogen-bond acceptors (Lipinski definition) is 7. The Morgan fingerprint density at radius 1 is 0.585 bits per heavy atom. The van der Waals surface area contributed by atoms with Gasteiger partial charge in [-0.2, -0.15) is 0 Å². The lowest BCUT2D eigenvalue weighted by molar-refractivity contribution is -0.161. The molecule has 0 bridgehead atoms. The van der Waals surface area contributed by atoms with E-state index in [1.54, 1.807) is 6.08 Å². The quantitative estimate of drug-likeness (QED) is 0.0196. The van der Waals surface area contributed by atoms with Crippen LogP contribution in [0.2, 0.25) is 0 Å². The Hall–Kier alpha value is -3.33. The molecule has 0 fully saturated rings. The molecule has 298 valence electrons. The molecular weight excluding hydrogens is 691 g/mol. The number of allylic oxidation sites excluding steroid dienone is 16. The van der Waals surface area contributed by atoms with Crippen molar-refractivity contribution in [2.24, 2.45) is 0 Å².